The lowest BCUT2D eigenvalue weighted by Gasteiger charge is -2.14. The zero-order valence-corrected chi connectivity index (χ0v) is 15.1. The Hall–Kier alpha value is -2.80. The predicted molar refractivity (Wildman–Crippen MR) is 101 cm³/mol. The highest BCUT2D eigenvalue weighted by Crippen LogP contribution is 2.28. The van der Waals surface area contributed by atoms with E-state index in [2.05, 4.69) is 10.6 Å². The highest BCUT2D eigenvalue weighted by molar-refractivity contribution is 7.80. The maximum Gasteiger partial charge on any atom is 0.230 e. The van der Waals surface area contributed by atoms with Crippen LogP contribution in [0.2, 0.25) is 0 Å². The van der Waals surface area contributed by atoms with E-state index < -0.39 is 0 Å². The molecule has 0 unspecified atom stereocenters. The van der Waals surface area contributed by atoms with Crippen LogP contribution in [0.15, 0.2) is 42.5 Å². The normalized spacial score (nSPS) is 9.88. The maximum atomic E-state index is 12.1. The van der Waals surface area contributed by atoms with Gasteiger partial charge in [-0.1, -0.05) is 12.1 Å². The molecule has 0 aromatic heterocycles. The summed E-state index contributed by atoms with van der Waals surface area (Å²) >= 11 is 5.20. The van der Waals surface area contributed by atoms with E-state index in [0.29, 0.717) is 17.2 Å². The Morgan fingerprint density at radius 1 is 0.960 bits per heavy atom. The fourth-order valence-corrected chi connectivity index (χ4v) is 2.39. The van der Waals surface area contributed by atoms with Gasteiger partial charge in [-0.2, -0.15) is 0 Å². The lowest BCUT2D eigenvalue weighted by Crippen LogP contribution is -2.35. The van der Waals surface area contributed by atoms with Crippen LogP contribution in [0.3, 0.4) is 0 Å². The first-order chi connectivity index (χ1) is 12.0. The van der Waals surface area contributed by atoms with Gasteiger partial charge in [-0.05, 0) is 42.0 Å². The molecule has 2 rings (SSSR count). The largest absolute Gasteiger partial charge is 0.497 e. The smallest absolute Gasteiger partial charge is 0.230 e. The molecular formula is C18H20N2O4S. The van der Waals surface area contributed by atoms with Crippen LogP contribution in [0.1, 0.15) is 5.56 Å². The van der Waals surface area contributed by atoms with Crippen LogP contribution in [-0.2, 0) is 11.2 Å². The molecule has 2 aromatic carbocycles. The van der Waals surface area contributed by atoms with E-state index in [0.717, 1.165) is 11.3 Å². The van der Waals surface area contributed by atoms with Crippen LogP contribution in [0.25, 0.3) is 0 Å². The number of amides is 1. The Morgan fingerprint density at radius 2 is 1.60 bits per heavy atom. The number of methoxy groups -OCH3 is 3. The maximum absolute atomic E-state index is 12.1. The number of rotatable bonds is 6. The highest BCUT2D eigenvalue weighted by Gasteiger charge is 2.10. The van der Waals surface area contributed by atoms with Crippen molar-refractivity contribution >= 4 is 28.9 Å². The Balaban J connectivity index is 1.96. The third-order valence-corrected chi connectivity index (χ3v) is 3.64. The van der Waals surface area contributed by atoms with Crippen molar-refractivity contribution in [3.05, 3.63) is 48.0 Å². The van der Waals surface area contributed by atoms with Crippen molar-refractivity contribution < 1.29 is 19.0 Å². The molecule has 0 fully saturated rings. The quantitative estimate of drug-likeness (QED) is 0.772. The van der Waals surface area contributed by atoms with Crippen molar-refractivity contribution in [3.63, 3.8) is 0 Å². The number of ether oxygens (including phenoxy) is 3. The van der Waals surface area contributed by atoms with Gasteiger partial charge in [-0.25, -0.2) is 0 Å². The summed E-state index contributed by atoms with van der Waals surface area (Å²) in [6, 6.07) is 12.5. The Labute approximate surface area is 152 Å². The van der Waals surface area contributed by atoms with Crippen LogP contribution in [0.5, 0.6) is 17.2 Å². The molecule has 1 amide bonds. The SMILES string of the molecule is COc1ccc(CC(=O)NC(=S)Nc2cc(OC)ccc2OC)cc1. The van der Waals surface area contributed by atoms with Crippen LogP contribution < -0.4 is 24.8 Å². The van der Waals surface area contributed by atoms with Crippen molar-refractivity contribution in [2.75, 3.05) is 26.6 Å². The Morgan fingerprint density at radius 3 is 2.20 bits per heavy atom. The van der Waals surface area contributed by atoms with E-state index in [1.54, 1.807) is 51.7 Å². The number of nitrogens with one attached hydrogen (secondary N) is 2. The monoisotopic (exact) mass is 360 g/mol. The number of benzene rings is 2. The van der Waals surface area contributed by atoms with Crippen molar-refractivity contribution in [2.45, 2.75) is 6.42 Å². The van der Waals surface area contributed by atoms with Crippen molar-refractivity contribution in [3.8, 4) is 17.2 Å². The van der Waals surface area contributed by atoms with E-state index in [4.69, 9.17) is 26.4 Å². The number of hydrogen-bond acceptors (Lipinski definition) is 5. The number of carbonyl (C=O) groups excluding carboxylic acids is 1. The average molecular weight is 360 g/mol. The molecule has 0 saturated carbocycles. The first-order valence-corrected chi connectivity index (χ1v) is 7.92. The van der Waals surface area contributed by atoms with Crippen LogP contribution >= 0.6 is 12.2 Å². The molecule has 0 radical (unpaired) electrons. The van der Waals surface area contributed by atoms with Crippen LogP contribution in [-0.4, -0.2) is 32.3 Å². The summed E-state index contributed by atoms with van der Waals surface area (Å²) in [5.41, 5.74) is 1.47. The molecule has 0 bridgehead atoms. The van der Waals surface area contributed by atoms with E-state index in [9.17, 15) is 4.79 Å². The molecule has 2 aromatic rings. The molecular weight excluding hydrogens is 340 g/mol. The number of thiocarbonyl (C=S) groups is 1. The number of hydrogen-bond donors (Lipinski definition) is 2. The second-order valence-electron chi connectivity index (χ2n) is 5.09. The summed E-state index contributed by atoms with van der Waals surface area (Å²) in [6.07, 6.45) is 0.209. The summed E-state index contributed by atoms with van der Waals surface area (Å²) in [4.78, 5) is 12.1. The first-order valence-electron chi connectivity index (χ1n) is 7.51. The molecule has 0 saturated heterocycles. The van der Waals surface area contributed by atoms with Gasteiger partial charge in [0.2, 0.25) is 5.91 Å². The average Bonchev–Trinajstić information content (AvgIpc) is 2.62. The van der Waals surface area contributed by atoms with Crippen LogP contribution in [0.4, 0.5) is 5.69 Å². The Bertz CT molecular complexity index is 747. The molecule has 0 aliphatic carbocycles. The molecule has 0 spiro atoms. The van der Waals surface area contributed by atoms with Crippen molar-refractivity contribution in [1.29, 1.82) is 0 Å². The second-order valence-corrected chi connectivity index (χ2v) is 5.50. The molecule has 6 nitrogen and oxygen atoms in total. The molecule has 2 N–H and O–H groups in total. The first kappa shape index (κ1) is 18.5. The minimum Gasteiger partial charge on any atom is -0.497 e. The number of anilines is 1. The fraction of sp³-hybridized carbons (Fsp3) is 0.222. The summed E-state index contributed by atoms with van der Waals surface area (Å²) in [5.74, 6) is 1.76. The minimum absolute atomic E-state index is 0.185. The number of carbonyl (C=O) groups is 1. The fourth-order valence-electron chi connectivity index (χ4n) is 2.16. The van der Waals surface area contributed by atoms with E-state index in [1.807, 2.05) is 12.1 Å². The van der Waals surface area contributed by atoms with Gasteiger partial charge in [-0.15, -0.1) is 0 Å². The van der Waals surface area contributed by atoms with Gasteiger partial charge < -0.3 is 24.8 Å². The van der Waals surface area contributed by atoms with Gasteiger partial charge in [-0.3, -0.25) is 4.79 Å². The van der Waals surface area contributed by atoms with Gasteiger partial charge in [0, 0.05) is 6.07 Å². The summed E-state index contributed by atoms with van der Waals surface area (Å²) in [5, 5.41) is 5.78. The van der Waals surface area contributed by atoms with E-state index in [-0.39, 0.29) is 17.4 Å². The molecule has 0 heterocycles. The van der Waals surface area contributed by atoms with Gasteiger partial charge >= 0.3 is 0 Å². The molecule has 25 heavy (non-hydrogen) atoms. The summed E-state index contributed by atoms with van der Waals surface area (Å²) in [7, 11) is 4.72. The molecule has 0 aliphatic heterocycles. The third-order valence-electron chi connectivity index (χ3n) is 3.43. The highest BCUT2D eigenvalue weighted by atomic mass is 32.1. The minimum atomic E-state index is -0.218. The van der Waals surface area contributed by atoms with Gasteiger partial charge in [0.05, 0.1) is 33.4 Å². The molecule has 0 atom stereocenters. The molecule has 0 aliphatic rings. The summed E-state index contributed by atoms with van der Waals surface area (Å²) in [6.45, 7) is 0. The Kier molecular flexibility index (Phi) is 6.59. The van der Waals surface area contributed by atoms with E-state index >= 15 is 0 Å². The van der Waals surface area contributed by atoms with Crippen LogP contribution in [0, 0.1) is 0 Å². The predicted octanol–water partition coefficient (Wildman–Crippen LogP) is 2.77. The second kappa shape index (κ2) is 8.89. The van der Waals surface area contributed by atoms with E-state index in [1.165, 1.54) is 0 Å². The van der Waals surface area contributed by atoms with Crippen molar-refractivity contribution in [2.24, 2.45) is 0 Å². The standard InChI is InChI=1S/C18H20N2O4S/c1-22-13-6-4-12(5-7-13)10-17(21)20-18(25)19-15-11-14(23-2)8-9-16(15)24-3/h4-9,11H,10H2,1-3H3,(H2,19,20,21,25). The molecule has 7 heteroatoms. The van der Waals surface area contributed by atoms with Gasteiger partial charge in [0.15, 0.2) is 5.11 Å². The zero-order chi connectivity index (χ0) is 18.2. The topological polar surface area (TPSA) is 68.8 Å². The van der Waals surface area contributed by atoms with Gasteiger partial charge in [0.1, 0.15) is 17.2 Å². The van der Waals surface area contributed by atoms with Crippen molar-refractivity contribution in [1.82, 2.24) is 5.32 Å². The zero-order valence-electron chi connectivity index (χ0n) is 14.3. The lowest BCUT2D eigenvalue weighted by atomic mass is 10.1. The lowest BCUT2D eigenvalue weighted by molar-refractivity contribution is -0.119. The van der Waals surface area contributed by atoms with Gasteiger partial charge in [0.25, 0.3) is 0 Å². The summed E-state index contributed by atoms with van der Waals surface area (Å²) < 4.78 is 15.5. The third kappa shape index (κ3) is 5.36. The molecule has 132 valence electrons.